The lowest BCUT2D eigenvalue weighted by atomic mass is 9.67. The van der Waals surface area contributed by atoms with Gasteiger partial charge in [0, 0.05) is 0 Å². The Labute approximate surface area is 118 Å². The topological polar surface area (TPSA) is 61.8 Å². The molecule has 5 heteroatoms. The summed E-state index contributed by atoms with van der Waals surface area (Å²) in [7, 11) is 0. The number of ether oxygens (including phenoxy) is 3. The number of esters is 2. The van der Waals surface area contributed by atoms with Gasteiger partial charge >= 0.3 is 11.9 Å². The Kier molecular flexibility index (Phi) is 3.71. The zero-order chi connectivity index (χ0) is 14.3. The van der Waals surface area contributed by atoms with Gasteiger partial charge in [-0.05, 0) is 37.5 Å². The summed E-state index contributed by atoms with van der Waals surface area (Å²) in [4.78, 5) is 23.3. The summed E-state index contributed by atoms with van der Waals surface area (Å²) in [5.41, 5.74) is 0. The van der Waals surface area contributed by atoms with Crippen molar-refractivity contribution in [3.05, 3.63) is 0 Å². The lowest BCUT2D eigenvalue weighted by Crippen LogP contribution is -2.44. The molecule has 4 rings (SSSR count). The maximum Gasteiger partial charge on any atom is 0.310 e. The van der Waals surface area contributed by atoms with Crippen LogP contribution in [0.15, 0.2) is 0 Å². The van der Waals surface area contributed by atoms with E-state index in [1.807, 2.05) is 0 Å². The molecular formula is C15H22O5. The fourth-order valence-corrected chi connectivity index (χ4v) is 3.85. The molecule has 2 aliphatic carbocycles. The van der Waals surface area contributed by atoms with Crippen molar-refractivity contribution in [2.45, 2.75) is 51.7 Å². The molecule has 0 aromatic heterocycles. The average Bonchev–Trinajstić information content (AvgIpc) is 2.55. The number of fused-ring (bicyclic) bond motifs is 1. The molecule has 0 radical (unpaired) electrons. The average molecular weight is 282 g/mol. The number of carbonyl (C=O) groups excluding carboxylic acids is 2. The van der Waals surface area contributed by atoms with Crippen molar-refractivity contribution in [3.63, 3.8) is 0 Å². The molecular weight excluding hydrogens is 260 g/mol. The van der Waals surface area contributed by atoms with E-state index in [0.717, 1.165) is 25.7 Å². The third-order valence-corrected chi connectivity index (χ3v) is 4.77. The van der Waals surface area contributed by atoms with Crippen molar-refractivity contribution in [2.24, 2.45) is 23.7 Å². The molecule has 20 heavy (non-hydrogen) atoms. The molecule has 112 valence electrons. The van der Waals surface area contributed by atoms with Gasteiger partial charge in [-0.15, -0.1) is 0 Å². The van der Waals surface area contributed by atoms with Crippen LogP contribution in [0.3, 0.4) is 0 Å². The Morgan fingerprint density at radius 2 is 2.10 bits per heavy atom. The van der Waals surface area contributed by atoms with E-state index in [9.17, 15) is 9.59 Å². The molecule has 0 aromatic carbocycles. The van der Waals surface area contributed by atoms with E-state index < -0.39 is 0 Å². The SMILES string of the molecule is CC(C)C(=O)OCOC1C2CC3CC(C2)C(=O)OC1C3. The van der Waals surface area contributed by atoms with Gasteiger partial charge in [0.1, 0.15) is 12.2 Å². The fraction of sp³-hybridized carbons (Fsp3) is 0.867. The zero-order valence-corrected chi connectivity index (χ0v) is 12.0. The maximum absolute atomic E-state index is 11.9. The monoisotopic (exact) mass is 282 g/mol. The molecule has 5 nitrogen and oxygen atoms in total. The fourth-order valence-electron chi connectivity index (χ4n) is 3.85. The van der Waals surface area contributed by atoms with Crippen molar-refractivity contribution in [1.82, 2.24) is 0 Å². The predicted octanol–water partition coefficient (Wildman–Crippen LogP) is 1.89. The highest BCUT2D eigenvalue weighted by Crippen LogP contribution is 2.48. The van der Waals surface area contributed by atoms with Crippen molar-refractivity contribution < 1.29 is 23.8 Å². The van der Waals surface area contributed by atoms with Gasteiger partial charge in [-0.1, -0.05) is 13.8 Å². The molecule has 2 heterocycles. The molecule has 0 spiro atoms. The van der Waals surface area contributed by atoms with Gasteiger partial charge in [-0.25, -0.2) is 0 Å². The molecule has 2 aliphatic heterocycles. The van der Waals surface area contributed by atoms with E-state index in [2.05, 4.69) is 0 Å². The van der Waals surface area contributed by atoms with Crippen LogP contribution in [0.25, 0.3) is 0 Å². The number of hydrogen-bond donors (Lipinski definition) is 0. The van der Waals surface area contributed by atoms with Crippen LogP contribution in [-0.4, -0.2) is 30.9 Å². The Bertz CT molecular complexity index is 405. The van der Waals surface area contributed by atoms with E-state index in [-0.39, 0.29) is 42.8 Å². The van der Waals surface area contributed by atoms with E-state index in [4.69, 9.17) is 14.2 Å². The van der Waals surface area contributed by atoms with Crippen LogP contribution < -0.4 is 0 Å². The second-order valence-electron chi connectivity index (χ2n) is 6.61. The van der Waals surface area contributed by atoms with Crippen LogP contribution in [-0.2, 0) is 23.8 Å². The van der Waals surface area contributed by atoms with Crippen LogP contribution in [0.5, 0.6) is 0 Å². The minimum atomic E-state index is -0.261. The summed E-state index contributed by atoms with van der Waals surface area (Å²) < 4.78 is 16.4. The Hall–Kier alpha value is -1.10. The quantitative estimate of drug-likeness (QED) is 0.582. The first-order valence-electron chi connectivity index (χ1n) is 7.53. The standard InChI is InChI=1S/C15H22O5/c1-8(2)14(16)19-7-18-13-10-3-9-4-11(6-10)15(17)20-12(13)5-9/h8-13H,3-7H2,1-2H3. The number of carbonyl (C=O) groups is 2. The highest BCUT2D eigenvalue weighted by atomic mass is 16.7. The zero-order valence-electron chi connectivity index (χ0n) is 12.0. The molecule has 2 saturated heterocycles. The summed E-state index contributed by atoms with van der Waals surface area (Å²) in [5, 5.41) is 0. The van der Waals surface area contributed by atoms with Gasteiger partial charge in [0.15, 0.2) is 6.79 Å². The Morgan fingerprint density at radius 3 is 2.85 bits per heavy atom. The van der Waals surface area contributed by atoms with Crippen LogP contribution in [0.2, 0.25) is 0 Å². The first-order chi connectivity index (χ1) is 9.54. The largest absolute Gasteiger partial charge is 0.459 e. The minimum absolute atomic E-state index is 0.0401. The Morgan fingerprint density at radius 1 is 1.30 bits per heavy atom. The lowest BCUT2D eigenvalue weighted by molar-refractivity contribution is -0.187. The number of rotatable bonds is 4. The molecule has 5 atom stereocenters. The predicted molar refractivity (Wildman–Crippen MR) is 69.5 cm³/mol. The molecule has 0 aromatic rings. The van der Waals surface area contributed by atoms with Gasteiger partial charge in [-0.2, -0.15) is 0 Å². The van der Waals surface area contributed by atoms with Gasteiger partial charge in [0.2, 0.25) is 0 Å². The molecule has 4 fully saturated rings. The summed E-state index contributed by atoms with van der Waals surface area (Å²) in [6.45, 7) is 3.54. The van der Waals surface area contributed by atoms with E-state index >= 15 is 0 Å². The minimum Gasteiger partial charge on any atom is -0.459 e. The van der Waals surface area contributed by atoms with Gasteiger partial charge in [0.25, 0.3) is 0 Å². The number of hydrogen-bond acceptors (Lipinski definition) is 5. The third kappa shape index (κ3) is 2.55. The highest BCUT2D eigenvalue weighted by molar-refractivity contribution is 5.73. The highest BCUT2D eigenvalue weighted by Gasteiger charge is 2.50. The second kappa shape index (κ2) is 5.35. The van der Waals surface area contributed by atoms with Crippen LogP contribution in [0.1, 0.15) is 39.5 Å². The smallest absolute Gasteiger partial charge is 0.310 e. The van der Waals surface area contributed by atoms with Gasteiger partial charge in [-0.3, -0.25) is 9.59 Å². The van der Waals surface area contributed by atoms with Gasteiger partial charge in [0.05, 0.1) is 11.8 Å². The molecule has 4 bridgehead atoms. The lowest BCUT2D eigenvalue weighted by Gasteiger charge is -2.41. The Balaban J connectivity index is 1.60. The van der Waals surface area contributed by atoms with Gasteiger partial charge < -0.3 is 14.2 Å². The van der Waals surface area contributed by atoms with E-state index in [1.165, 1.54) is 0 Å². The molecule has 4 aliphatic rings. The second-order valence-corrected chi connectivity index (χ2v) is 6.61. The molecule has 0 amide bonds. The van der Waals surface area contributed by atoms with Crippen LogP contribution >= 0.6 is 0 Å². The first-order valence-corrected chi connectivity index (χ1v) is 7.53. The van der Waals surface area contributed by atoms with Crippen LogP contribution in [0.4, 0.5) is 0 Å². The third-order valence-electron chi connectivity index (χ3n) is 4.77. The summed E-state index contributed by atoms with van der Waals surface area (Å²) in [6, 6.07) is 0. The van der Waals surface area contributed by atoms with Crippen molar-refractivity contribution in [3.8, 4) is 0 Å². The summed E-state index contributed by atoms with van der Waals surface area (Å²) >= 11 is 0. The van der Waals surface area contributed by atoms with Crippen molar-refractivity contribution >= 4 is 11.9 Å². The van der Waals surface area contributed by atoms with E-state index in [1.54, 1.807) is 13.8 Å². The normalized spacial score (nSPS) is 38.8. The molecule has 2 saturated carbocycles. The van der Waals surface area contributed by atoms with Crippen molar-refractivity contribution in [2.75, 3.05) is 6.79 Å². The first kappa shape index (κ1) is 13.9. The maximum atomic E-state index is 11.9. The summed E-state index contributed by atoms with van der Waals surface area (Å²) in [6.07, 6.45) is 3.56. The summed E-state index contributed by atoms with van der Waals surface area (Å²) in [5.74, 6) is 0.527. The van der Waals surface area contributed by atoms with Crippen LogP contribution in [0, 0.1) is 23.7 Å². The van der Waals surface area contributed by atoms with E-state index in [0.29, 0.717) is 11.8 Å². The van der Waals surface area contributed by atoms with Crippen molar-refractivity contribution in [1.29, 1.82) is 0 Å². The molecule has 5 unspecified atom stereocenters. The molecule has 0 N–H and O–H groups in total.